The molecule has 10 aromatic carbocycles. The summed E-state index contributed by atoms with van der Waals surface area (Å²) in [6.07, 6.45) is 0. The third-order valence-corrected chi connectivity index (χ3v) is 13.2. The zero-order valence-corrected chi connectivity index (χ0v) is 36.9. The van der Waals surface area contributed by atoms with Crippen molar-refractivity contribution < 1.29 is 0 Å². The summed E-state index contributed by atoms with van der Waals surface area (Å²) in [5.41, 5.74) is 16.3. The number of hydrogen-bond donors (Lipinski definition) is 0. The monoisotopic (exact) mass is 867 g/mol. The van der Waals surface area contributed by atoms with Gasteiger partial charge in [0.2, 0.25) is 5.95 Å². The van der Waals surface area contributed by atoms with Gasteiger partial charge in [-0.15, -0.1) is 0 Å². The van der Waals surface area contributed by atoms with Gasteiger partial charge < -0.3 is 4.57 Å². The van der Waals surface area contributed by atoms with E-state index in [0.29, 0.717) is 17.6 Å². The van der Waals surface area contributed by atoms with Crippen LogP contribution in [-0.2, 0) is 0 Å². The Morgan fingerprint density at radius 3 is 1.22 bits per heavy atom. The number of rotatable bonds is 8. The summed E-state index contributed by atoms with van der Waals surface area (Å²) in [6.45, 7) is 0. The first-order valence-corrected chi connectivity index (χ1v) is 23.0. The van der Waals surface area contributed by atoms with Crippen LogP contribution in [0.25, 0.3) is 123 Å². The Morgan fingerprint density at radius 1 is 0.250 bits per heavy atom. The Morgan fingerprint density at radius 2 is 0.647 bits per heavy atom. The molecule has 13 rings (SSSR count). The second-order valence-corrected chi connectivity index (χ2v) is 17.2. The van der Waals surface area contributed by atoms with Crippen molar-refractivity contribution in [3.8, 4) is 78.9 Å². The molecule has 0 fully saturated rings. The van der Waals surface area contributed by atoms with Crippen molar-refractivity contribution in [1.29, 1.82) is 0 Å². The van der Waals surface area contributed by atoms with Crippen LogP contribution in [0.15, 0.2) is 249 Å². The van der Waals surface area contributed by atoms with Gasteiger partial charge in [-0.1, -0.05) is 231 Å². The predicted molar refractivity (Wildman–Crippen MR) is 281 cm³/mol. The van der Waals surface area contributed by atoms with Gasteiger partial charge in [0.05, 0.1) is 27.8 Å². The van der Waals surface area contributed by atoms with E-state index in [-0.39, 0.29) is 0 Å². The first-order valence-electron chi connectivity index (χ1n) is 23.0. The van der Waals surface area contributed by atoms with Crippen LogP contribution in [0.4, 0.5) is 0 Å². The summed E-state index contributed by atoms with van der Waals surface area (Å²) in [5.74, 6) is 1.74. The summed E-state index contributed by atoms with van der Waals surface area (Å²) in [4.78, 5) is 16.1. The van der Waals surface area contributed by atoms with E-state index in [9.17, 15) is 0 Å². The van der Waals surface area contributed by atoms with E-state index in [0.717, 1.165) is 93.8 Å². The lowest BCUT2D eigenvalue weighted by molar-refractivity contribution is 0.953. The molecular formula is C63H41N5. The molecule has 0 saturated heterocycles. The maximum Gasteiger partial charge on any atom is 0.238 e. The molecule has 0 amide bonds. The van der Waals surface area contributed by atoms with Crippen LogP contribution in [0.2, 0.25) is 0 Å². The SMILES string of the molecule is c1ccc(-c2ccc(-c3cccc(-c4nc(-c5ccccc5)nc(-n5c6ccccc6c6ccc7c8ccccc8n(-c8c(-c9ccccc9)cccc8-c8ccccc8)c7c65)n4)c3)cc2)cc1. The van der Waals surface area contributed by atoms with Gasteiger partial charge >= 0.3 is 0 Å². The standard InChI is InChI=1S/C63H41N5/c1-5-19-42(20-6-1)43-35-37-44(38-36-43)48-27-17-28-49(41-48)62-64-61(47-25-11-4-12-26-47)65-63(66-62)68-57-34-16-14-30-53(57)55-40-39-54-52-29-13-15-33-56(52)67(59(54)60(55)68)58-50(45-21-7-2-8-22-45)31-18-32-51(58)46-23-9-3-10-24-46/h1-41H. The topological polar surface area (TPSA) is 48.5 Å². The van der Waals surface area contributed by atoms with Crippen molar-refractivity contribution in [3.05, 3.63) is 249 Å². The quantitative estimate of drug-likeness (QED) is 0.153. The molecule has 5 nitrogen and oxygen atoms in total. The van der Waals surface area contributed by atoms with Crippen molar-refractivity contribution in [2.75, 3.05) is 0 Å². The number of benzene rings is 10. The summed E-state index contributed by atoms with van der Waals surface area (Å²) in [6, 6.07) is 88.2. The second kappa shape index (κ2) is 16.4. The molecule has 0 atom stereocenters. The van der Waals surface area contributed by atoms with Crippen LogP contribution in [0.3, 0.4) is 0 Å². The van der Waals surface area contributed by atoms with Gasteiger partial charge in [0.1, 0.15) is 0 Å². The molecule has 3 aromatic heterocycles. The molecule has 0 aliphatic rings. The fraction of sp³-hybridized carbons (Fsp3) is 0. The third kappa shape index (κ3) is 6.59. The maximum absolute atomic E-state index is 5.49. The molecule has 13 aromatic rings. The van der Waals surface area contributed by atoms with E-state index in [4.69, 9.17) is 15.0 Å². The van der Waals surface area contributed by atoms with Gasteiger partial charge in [0.25, 0.3) is 0 Å². The van der Waals surface area contributed by atoms with Gasteiger partial charge in [-0.2, -0.15) is 9.97 Å². The number of fused-ring (bicyclic) bond motifs is 7. The first-order chi connectivity index (χ1) is 33.7. The van der Waals surface area contributed by atoms with E-state index in [1.54, 1.807) is 0 Å². The lowest BCUT2D eigenvalue weighted by Crippen LogP contribution is -2.07. The Hall–Kier alpha value is -9.19. The molecule has 0 unspecified atom stereocenters. The van der Waals surface area contributed by atoms with Gasteiger partial charge in [0, 0.05) is 43.8 Å². The molecule has 318 valence electrons. The van der Waals surface area contributed by atoms with Crippen LogP contribution in [0.5, 0.6) is 0 Å². The van der Waals surface area contributed by atoms with E-state index >= 15 is 0 Å². The number of nitrogens with zero attached hydrogens (tertiary/aromatic N) is 5. The average molecular weight is 868 g/mol. The molecular weight excluding hydrogens is 827 g/mol. The summed E-state index contributed by atoms with van der Waals surface area (Å²) >= 11 is 0. The molecule has 68 heavy (non-hydrogen) atoms. The van der Waals surface area contributed by atoms with Crippen LogP contribution in [-0.4, -0.2) is 24.1 Å². The van der Waals surface area contributed by atoms with Crippen molar-refractivity contribution in [3.63, 3.8) is 0 Å². The van der Waals surface area contributed by atoms with E-state index in [1.165, 1.54) is 11.1 Å². The molecule has 0 aliphatic heterocycles. The second-order valence-electron chi connectivity index (χ2n) is 17.2. The van der Waals surface area contributed by atoms with Gasteiger partial charge in [-0.05, 0) is 51.6 Å². The highest BCUT2D eigenvalue weighted by molar-refractivity contribution is 6.24. The van der Waals surface area contributed by atoms with Crippen LogP contribution < -0.4 is 0 Å². The highest BCUT2D eigenvalue weighted by atomic mass is 15.2. The molecule has 0 N–H and O–H groups in total. The largest absolute Gasteiger partial charge is 0.306 e. The van der Waals surface area contributed by atoms with E-state index in [2.05, 4.69) is 240 Å². The molecule has 0 spiro atoms. The van der Waals surface area contributed by atoms with Crippen LogP contribution in [0, 0.1) is 0 Å². The van der Waals surface area contributed by atoms with Crippen molar-refractivity contribution in [1.82, 2.24) is 24.1 Å². The highest BCUT2D eigenvalue weighted by Crippen LogP contribution is 2.45. The third-order valence-electron chi connectivity index (χ3n) is 13.2. The minimum atomic E-state index is 0.543. The smallest absolute Gasteiger partial charge is 0.238 e. The Bertz CT molecular complexity index is 3930. The predicted octanol–water partition coefficient (Wildman–Crippen LogP) is 16.1. The Kier molecular flexibility index (Phi) is 9.43. The normalized spacial score (nSPS) is 11.5. The van der Waals surface area contributed by atoms with Crippen molar-refractivity contribution in [2.45, 2.75) is 0 Å². The van der Waals surface area contributed by atoms with E-state index in [1.807, 2.05) is 18.2 Å². The first kappa shape index (κ1) is 39.2. The summed E-state index contributed by atoms with van der Waals surface area (Å²) in [5, 5.41) is 4.53. The number of aromatic nitrogens is 5. The van der Waals surface area contributed by atoms with Crippen molar-refractivity contribution >= 4 is 43.6 Å². The Labute approximate surface area is 393 Å². The summed E-state index contributed by atoms with van der Waals surface area (Å²) < 4.78 is 4.78. The Balaban J connectivity index is 1.10. The lowest BCUT2D eigenvalue weighted by atomic mass is 9.95. The number of hydrogen-bond acceptors (Lipinski definition) is 3. The fourth-order valence-electron chi connectivity index (χ4n) is 10.1. The summed E-state index contributed by atoms with van der Waals surface area (Å²) in [7, 11) is 0. The minimum absolute atomic E-state index is 0.543. The van der Waals surface area contributed by atoms with Crippen LogP contribution in [0.1, 0.15) is 0 Å². The highest BCUT2D eigenvalue weighted by Gasteiger charge is 2.26. The van der Waals surface area contributed by atoms with Crippen molar-refractivity contribution in [2.24, 2.45) is 0 Å². The molecule has 5 heteroatoms. The van der Waals surface area contributed by atoms with Gasteiger partial charge in [0.15, 0.2) is 11.6 Å². The fourth-order valence-corrected chi connectivity index (χ4v) is 10.1. The van der Waals surface area contributed by atoms with Crippen LogP contribution >= 0.6 is 0 Å². The molecule has 0 aliphatic carbocycles. The zero-order valence-electron chi connectivity index (χ0n) is 36.9. The number of para-hydroxylation sites is 3. The van der Waals surface area contributed by atoms with Gasteiger partial charge in [-0.25, -0.2) is 4.98 Å². The molecule has 0 saturated carbocycles. The zero-order chi connectivity index (χ0) is 45.0. The van der Waals surface area contributed by atoms with Gasteiger partial charge in [-0.3, -0.25) is 4.57 Å². The minimum Gasteiger partial charge on any atom is -0.306 e. The lowest BCUT2D eigenvalue weighted by Gasteiger charge is -2.20. The molecule has 0 radical (unpaired) electrons. The molecule has 3 heterocycles. The maximum atomic E-state index is 5.49. The van der Waals surface area contributed by atoms with E-state index < -0.39 is 0 Å². The molecule has 0 bridgehead atoms. The average Bonchev–Trinajstić information content (AvgIpc) is 3.95.